The Kier molecular flexibility index (Phi) is 5.26. The van der Waals surface area contributed by atoms with Gasteiger partial charge in [-0.15, -0.1) is 0 Å². The van der Waals surface area contributed by atoms with Crippen molar-refractivity contribution >= 4 is 0 Å². The first-order valence-corrected chi connectivity index (χ1v) is 7.34. The standard InChI is InChI=1S/C14H27NO2/c16-11-13-7-2-1-5-9-15(13)10-12-6-3-4-8-14(12)17/h12-14,16-17H,1-11H2. The second-order valence-electron chi connectivity index (χ2n) is 5.79. The number of hydrogen-bond donors (Lipinski definition) is 2. The molecule has 3 nitrogen and oxygen atoms in total. The number of aliphatic hydroxyl groups is 2. The maximum Gasteiger partial charge on any atom is 0.0586 e. The zero-order valence-corrected chi connectivity index (χ0v) is 10.9. The van der Waals surface area contributed by atoms with E-state index in [1.54, 1.807) is 0 Å². The van der Waals surface area contributed by atoms with Gasteiger partial charge in [0.2, 0.25) is 0 Å². The molecule has 2 rings (SSSR count). The summed E-state index contributed by atoms with van der Waals surface area (Å²) >= 11 is 0. The molecule has 0 bridgehead atoms. The highest BCUT2D eigenvalue weighted by molar-refractivity contribution is 4.82. The van der Waals surface area contributed by atoms with E-state index < -0.39 is 0 Å². The van der Waals surface area contributed by atoms with E-state index in [9.17, 15) is 10.2 Å². The molecule has 1 aliphatic heterocycles. The molecule has 2 N–H and O–H groups in total. The second-order valence-corrected chi connectivity index (χ2v) is 5.79. The van der Waals surface area contributed by atoms with E-state index in [1.807, 2.05) is 0 Å². The highest BCUT2D eigenvalue weighted by atomic mass is 16.3. The molecule has 100 valence electrons. The minimum atomic E-state index is -0.105. The van der Waals surface area contributed by atoms with Crippen LogP contribution in [0.5, 0.6) is 0 Å². The summed E-state index contributed by atoms with van der Waals surface area (Å²) in [6.45, 7) is 2.38. The second kappa shape index (κ2) is 6.72. The highest BCUT2D eigenvalue weighted by Gasteiger charge is 2.28. The van der Waals surface area contributed by atoms with E-state index in [1.165, 1.54) is 32.1 Å². The van der Waals surface area contributed by atoms with Crippen LogP contribution in [0.4, 0.5) is 0 Å². The number of hydrogen-bond acceptors (Lipinski definition) is 3. The summed E-state index contributed by atoms with van der Waals surface area (Å²) in [5, 5.41) is 19.5. The smallest absolute Gasteiger partial charge is 0.0586 e. The Morgan fingerprint density at radius 3 is 2.47 bits per heavy atom. The highest BCUT2D eigenvalue weighted by Crippen LogP contribution is 2.27. The Hall–Kier alpha value is -0.120. The van der Waals surface area contributed by atoms with Crippen LogP contribution >= 0.6 is 0 Å². The Balaban J connectivity index is 1.89. The van der Waals surface area contributed by atoms with Crippen LogP contribution in [0.3, 0.4) is 0 Å². The summed E-state index contributed by atoms with van der Waals surface area (Å²) in [5.74, 6) is 0.441. The predicted octanol–water partition coefficient (Wildman–Crippen LogP) is 1.77. The van der Waals surface area contributed by atoms with Gasteiger partial charge < -0.3 is 10.2 Å². The van der Waals surface area contributed by atoms with E-state index in [-0.39, 0.29) is 12.7 Å². The van der Waals surface area contributed by atoms with Crippen LogP contribution in [0.2, 0.25) is 0 Å². The van der Waals surface area contributed by atoms with E-state index in [0.29, 0.717) is 12.0 Å². The Labute approximate surface area is 105 Å². The van der Waals surface area contributed by atoms with E-state index in [4.69, 9.17) is 0 Å². The molecule has 1 heterocycles. The normalized spacial score (nSPS) is 36.7. The molecule has 17 heavy (non-hydrogen) atoms. The van der Waals surface area contributed by atoms with Crippen molar-refractivity contribution in [1.82, 2.24) is 4.90 Å². The van der Waals surface area contributed by atoms with Crippen LogP contribution in [0, 0.1) is 5.92 Å². The fraction of sp³-hybridized carbons (Fsp3) is 1.00. The van der Waals surface area contributed by atoms with Gasteiger partial charge in [0.1, 0.15) is 0 Å². The van der Waals surface area contributed by atoms with Gasteiger partial charge >= 0.3 is 0 Å². The fourth-order valence-corrected chi connectivity index (χ4v) is 3.39. The van der Waals surface area contributed by atoms with E-state index >= 15 is 0 Å². The van der Waals surface area contributed by atoms with Crippen molar-refractivity contribution in [2.75, 3.05) is 19.7 Å². The molecule has 3 unspecified atom stereocenters. The van der Waals surface area contributed by atoms with Gasteiger partial charge in [0.25, 0.3) is 0 Å². The summed E-state index contributed by atoms with van der Waals surface area (Å²) in [4.78, 5) is 2.44. The molecule has 0 spiro atoms. The Morgan fingerprint density at radius 1 is 0.941 bits per heavy atom. The van der Waals surface area contributed by atoms with Crippen molar-refractivity contribution in [2.24, 2.45) is 5.92 Å². The lowest BCUT2D eigenvalue weighted by molar-refractivity contribution is 0.0274. The quantitative estimate of drug-likeness (QED) is 0.791. The molecule has 0 aromatic heterocycles. The third kappa shape index (κ3) is 3.67. The number of rotatable bonds is 3. The molecule has 1 saturated carbocycles. The molecule has 0 aromatic rings. The Morgan fingerprint density at radius 2 is 1.71 bits per heavy atom. The molecule has 0 aromatic carbocycles. The molecule has 2 aliphatic rings. The Bertz CT molecular complexity index is 222. The first-order chi connectivity index (χ1) is 8.31. The molecular formula is C14H27NO2. The first kappa shape index (κ1) is 13.3. The topological polar surface area (TPSA) is 43.7 Å². The summed E-state index contributed by atoms with van der Waals surface area (Å²) in [7, 11) is 0. The maximum atomic E-state index is 10.0. The molecule has 3 heteroatoms. The third-order valence-electron chi connectivity index (χ3n) is 4.55. The minimum absolute atomic E-state index is 0.105. The van der Waals surface area contributed by atoms with Crippen molar-refractivity contribution in [3.05, 3.63) is 0 Å². The van der Waals surface area contributed by atoms with Gasteiger partial charge in [-0.3, -0.25) is 4.90 Å². The summed E-state index contributed by atoms with van der Waals surface area (Å²) in [6.07, 6.45) is 9.39. The van der Waals surface area contributed by atoms with Gasteiger partial charge in [0.15, 0.2) is 0 Å². The molecule has 1 aliphatic carbocycles. The predicted molar refractivity (Wildman–Crippen MR) is 68.9 cm³/mol. The van der Waals surface area contributed by atoms with Gasteiger partial charge in [-0.25, -0.2) is 0 Å². The maximum absolute atomic E-state index is 10.0. The van der Waals surface area contributed by atoms with Crippen molar-refractivity contribution < 1.29 is 10.2 Å². The third-order valence-corrected chi connectivity index (χ3v) is 4.55. The van der Waals surface area contributed by atoms with Crippen molar-refractivity contribution in [1.29, 1.82) is 0 Å². The average molecular weight is 241 g/mol. The van der Waals surface area contributed by atoms with Crippen LogP contribution in [0.25, 0.3) is 0 Å². The van der Waals surface area contributed by atoms with Gasteiger partial charge in [-0.2, -0.15) is 0 Å². The number of likely N-dealkylation sites (tertiary alicyclic amines) is 1. The lowest BCUT2D eigenvalue weighted by atomic mass is 9.86. The molecule has 1 saturated heterocycles. The van der Waals surface area contributed by atoms with Crippen molar-refractivity contribution in [3.63, 3.8) is 0 Å². The monoisotopic (exact) mass is 241 g/mol. The zero-order valence-electron chi connectivity index (χ0n) is 10.9. The average Bonchev–Trinajstić information content (AvgIpc) is 2.57. The summed E-state index contributed by atoms with van der Waals surface area (Å²) < 4.78 is 0. The largest absolute Gasteiger partial charge is 0.395 e. The van der Waals surface area contributed by atoms with Crippen LogP contribution in [-0.2, 0) is 0 Å². The van der Waals surface area contributed by atoms with E-state index in [0.717, 1.165) is 32.4 Å². The van der Waals surface area contributed by atoms with Gasteiger partial charge in [0, 0.05) is 12.6 Å². The van der Waals surface area contributed by atoms with Crippen molar-refractivity contribution in [3.8, 4) is 0 Å². The lowest BCUT2D eigenvalue weighted by Gasteiger charge is -2.35. The SMILES string of the molecule is OCC1CCCCCN1CC1CCCCC1O. The molecule has 2 fully saturated rings. The van der Waals surface area contributed by atoms with Crippen LogP contribution < -0.4 is 0 Å². The molecule has 0 radical (unpaired) electrons. The minimum Gasteiger partial charge on any atom is -0.395 e. The zero-order chi connectivity index (χ0) is 12.1. The lowest BCUT2D eigenvalue weighted by Crippen LogP contribution is -2.43. The molecular weight excluding hydrogens is 214 g/mol. The summed E-state index contributed by atoms with van der Waals surface area (Å²) in [5.41, 5.74) is 0. The van der Waals surface area contributed by atoms with E-state index in [2.05, 4.69) is 4.90 Å². The van der Waals surface area contributed by atoms with Gasteiger partial charge in [-0.05, 0) is 38.1 Å². The fourth-order valence-electron chi connectivity index (χ4n) is 3.39. The van der Waals surface area contributed by atoms with Crippen LogP contribution in [0.15, 0.2) is 0 Å². The van der Waals surface area contributed by atoms with Crippen LogP contribution in [0.1, 0.15) is 51.4 Å². The van der Waals surface area contributed by atoms with Crippen LogP contribution in [-0.4, -0.2) is 47.0 Å². The number of aliphatic hydroxyl groups excluding tert-OH is 2. The molecule has 0 amide bonds. The number of nitrogens with zero attached hydrogens (tertiary/aromatic N) is 1. The molecule has 3 atom stereocenters. The van der Waals surface area contributed by atoms with Gasteiger partial charge in [-0.1, -0.05) is 25.7 Å². The van der Waals surface area contributed by atoms with Crippen molar-refractivity contribution in [2.45, 2.75) is 63.5 Å². The van der Waals surface area contributed by atoms with Gasteiger partial charge in [0.05, 0.1) is 12.7 Å². The first-order valence-electron chi connectivity index (χ1n) is 7.34. The summed E-state index contributed by atoms with van der Waals surface area (Å²) in [6, 6.07) is 0.339.